The van der Waals surface area contributed by atoms with Crippen LogP contribution in [0.3, 0.4) is 0 Å². The van der Waals surface area contributed by atoms with Gasteiger partial charge in [-0.05, 0) is 37.8 Å². The van der Waals surface area contributed by atoms with Crippen molar-refractivity contribution in [3.8, 4) is 0 Å². The van der Waals surface area contributed by atoms with Gasteiger partial charge in [-0.25, -0.2) is 0 Å². The van der Waals surface area contributed by atoms with Crippen molar-refractivity contribution in [2.45, 2.75) is 32.1 Å². The quantitative estimate of drug-likeness (QED) is 0.675. The Kier molecular flexibility index (Phi) is 7.07. The largest absolute Gasteiger partial charge is 0.356 e. The molecule has 1 rings (SSSR count). The zero-order chi connectivity index (χ0) is 12.3. The van der Waals surface area contributed by atoms with Crippen LogP contribution in [0, 0.1) is 0 Å². The van der Waals surface area contributed by atoms with Crippen LogP contribution in [0.25, 0.3) is 0 Å². The highest BCUT2D eigenvalue weighted by Gasteiger charge is 2.00. The van der Waals surface area contributed by atoms with Crippen molar-refractivity contribution in [1.29, 1.82) is 0 Å². The van der Waals surface area contributed by atoms with Crippen LogP contribution in [0.5, 0.6) is 0 Å². The zero-order valence-electron chi connectivity index (χ0n) is 10.3. The Bertz CT molecular complexity index is 311. The maximum absolute atomic E-state index is 11.5. The first kappa shape index (κ1) is 13.7. The van der Waals surface area contributed by atoms with Gasteiger partial charge in [0, 0.05) is 13.0 Å². The highest BCUT2D eigenvalue weighted by molar-refractivity contribution is 5.75. The number of rotatable bonds is 8. The highest BCUT2D eigenvalue weighted by Crippen LogP contribution is 2.04. The second kappa shape index (κ2) is 8.76. The summed E-state index contributed by atoms with van der Waals surface area (Å²) in [7, 11) is 0. The van der Waals surface area contributed by atoms with Crippen LogP contribution in [0.2, 0.25) is 0 Å². The second-order valence-electron chi connectivity index (χ2n) is 4.18. The SMILES string of the molecule is NCCCCNC(=O)CCCc1ccccc1. The second-order valence-corrected chi connectivity index (χ2v) is 4.18. The van der Waals surface area contributed by atoms with E-state index >= 15 is 0 Å². The normalized spacial score (nSPS) is 10.2. The number of benzene rings is 1. The van der Waals surface area contributed by atoms with Crippen molar-refractivity contribution in [3.05, 3.63) is 35.9 Å². The van der Waals surface area contributed by atoms with Crippen molar-refractivity contribution in [2.24, 2.45) is 5.73 Å². The fourth-order valence-electron chi connectivity index (χ4n) is 1.68. The number of nitrogens with two attached hydrogens (primary N) is 1. The van der Waals surface area contributed by atoms with E-state index in [2.05, 4.69) is 17.4 Å². The third kappa shape index (κ3) is 6.74. The van der Waals surface area contributed by atoms with E-state index in [4.69, 9.17) is 5.73 Å². The minimum atomic E-state index is 0.151. The molecule has 17 heavy (non-hydrogen) atoms. The predicted molar refractivity (Wildman–Crippen MR) is 70.7 cm³/mol. The Labute approximate surface area is 103 Å². The molecule has 94 valence electrons. The Balaban J connectivity index is 2.04. The van der Waals surface area contributed by atoms with Gasteiger partial charge in [0.1, 0.15) is 0 Å². The van der Waals surface area contributed by atoms with Crippen molar-refractivity contribution >= 4 is 5.91 Å². The molecule has 0 heterocycles. The molecular formula is C14H22N2O. The molecule has 0 fully saturated rings. The third-order valence-electron chi connectivity index (χ3n) is 2.67. The third-order valence-corrected chi connectivity index (χ3v) is 2.67. The molecule has 3 nitrogen and oxygen atoms in total. The molecule has 1 aromatic rings. The highest BCUT2D eigenvalue weighted by atomic mass is 16.1. The van der Waals surface area contributed by atoms with Crippen molar-refractivity contribution in [2.75, 3.05) is 13.1 Å². The summed E-state index contributed by atoms with van der Waals surface area (Å²) in [4.78, 5) is 11.5. The number of nitrogens with one attached hydrogen (secondary N) is 1. The van der Waals surface area contributed by atoms with Gasteiger partial charge in [-0.1, -0.05) is 30.3 Å². The minimum absolute atomic E-state index is 0.151. The standard InChI is InChI=1S/C14H22N2O/c15-11-4-5-12-16-14(17)10-6-9-13-7-2-1-3-8-13/h1-3,7-8H,4-6,9-12,15H2,(H,16,17). The molecule has 3 heteroatoms. The maximum Gasteiger partial charge on any atom is 0.220 e. The summed E-state index contributed by atoms with van der Waals surface area (Å²) in [5, 5.41) is 2.91. The van der Waals surface area contributed by atoms with Gasteiger partial charge in [0.15, 0.2) is 0 Å². The summed E-state index contributed by atoms with van der Waals surface area (Å²) in [6.07, 6.45) is 4.44. The van der Waals surface area contributed by atoms with Gasteiger partial charge < -0.3 is 11.1 Å². The van der Waals surface area contributed by atoms with E-state index in [0.717, 1.165) is 32.2 Å². The van der Waals surface area contributed by atoms with Crippen molar-refractivity contribution < 1.29 is 4.79 Å². The van der Waals surface area contributed by atoms with Crippen molar-refractivity contribution in [3.63, 3.8) is 0 Å². The maximum atomic E-state index is 11.5. The number of carbonyl (C=O) groups is 1. The van der Waals surface area contributed by atoms with Crippen molar-refractivity contribution in [1.82, 2.24) is 5.32 Å². The Morgan fingerprint density at radius 3 is 2.59 bits per heavy atom. The molecule has 0 aliphatic heterocycles. The average molecular weight is 234 g/mol. The van der Waals surface area contributed by atoms with Crippen LogP contribution >= 0.6 is 0 Å². The molecule has 0 saturated heterocycles. The number of amides is 1. The molecule has 0 aliphatic rings. The van der Waals surface area contributed by atoms with Gasteiger partial charge in [0.2, 0.25) is 5.91 Å². The lowest BCUT2D eigenvalue weighted by Gasteiger charge is -2.04. The molecule has 0 atom stereocenters. The van der Waals surface area contributed by atoms with Crippen LogP contribution < -0.4 is 11.1 Å². The summed E-state index contributed by atoms with van der Waals surface area (Å²) >= 11 is 0. The van der Waals surface area contributed by atoms with Gasteiger partial charge in [-0.15, -0.1) is 0 Å². The fourth-order valence-corrected chi connectivity index (χ4v) is 1.68. The number of aryl methyl sites for hydroxylation is 1. The van der Waals surface area contributed by atoms with E-state index in [9.17, 15) is 4.79 Å². The number of hydrogen-bond acceptors (Lipinski definition) is 2. The Morgan fingerprint density at radius 2 is 1.88 bits per heavy atom. The Hall–Kier alpha value is -1.35. The van der Waals surface area contributed by atoms with Gasteiger partial charge in [0.05, 0.1) is 0 Å². The Morgan fingerprint density at radius 1 is 1.12 bits per heavy atom. The molecule has 0 aromatic heterocycles. The molecule has 0 unspecified atom stereocenters. The fraction of sp³-hybridized carbons (Fsp3) is 0.500. The van der Waals surface area contributed by atoms with Crippen LogP contribution in [0.15, 0.2) is 30.3 Å². The molecule has 1 amide bonds. The lowest BCUT2D eigenvalue weighted by Crippen LogP contribution is -2.24. The molecule has 0 saturated carbocycles. The molecule has 0 spiro atoms. The molecular weight excluding hydrogens is 212 g/mol. The monoisotopic (exact) mass is 234 g/mol. The van der Waals surface area contributed by atoms with Crippen LogP contribution in [-0.4, -0.2) is 19.0 Å². The smallest absolute Gasteiger partial charge is 0.220 e. The van der Waals surface area contributed by atoms with Gasteiger partial charge in [0.25, 0.3) is 0 Å². The summed E-state index contributed by atoms with van der Waals surface area (Å²) in [6, 6.07) is 10.3. The first-order chi connectivity index (χ1) is 8.33. The number of hydrogen-bond donors (Lipinski definition) is 2. The predicted octanol–water partition coefficient (Wildman–Crippen LogP) is 1.86. The van der Waals surface area contributed by atoms with Gasteiger partial charge in [-0.3, -0.25) is 4.79 Å². The summed E-state index contributed by atoms with van der Waals surface area (Å²) < 4.78 is 0. The number of unbranched alkanes of at least 4 members (excludes halogenated alkanes) is 1. The summed E-state index contributed by atoms with van der Waals surface area (Å²) in [5.74, 6) is 0.151. The first-order valence-electron chi connectivity index (χ1n) is 6.33. The minimum Gasteiger partial charge on any atom is -0.356 e. The van der Waals surface area contributed by atoms with E-state index in [0.29, 0.717) is 13.0 Å². The van der Waals surface area contributed by atoms with Gasteiger partial charge >= 0.3 is 0 Å². The van der Waals surface area contributed by atoms with Crippen LogP contribution in [0.4, 0.5) is 0 Å². The molecule has 0 radical (unpaired) electrons. The lowest BCUT2D eigenvalue weighted by molar-refractivity contribution is -0.121. The molecule has 1 aromatic carbocycles. The van der Waals surface area contributed by atoms with Crippen LogP contribution in [0.1, 0.15) is 31.2 Å². The zero-order valence-corrected chi connectivity index (χ0v) is 10.3. The van der Waals surface area contributed by atoms with E-state index < -0.39 is 0 Å². The topological polar surface area (TPSA) is 55.1 Å². The number of carbonyl (C=O) groups excluding carboxylic acids is 1. The van der Waals surface area contributed by atoms with E-state index in [1.807, 2.05) is 18.2 Å². The van der Waals surface area contributed by atoms with E-state index in [-0.39, 0.29) is 5.91 Å². The van der Waals surface area contributed by atoms with Gasteiger partial charge in [-0.2, -0.15) is 0 Å². The summed E-state index contributed by atoms with van der Waals surface area (Å²) in [6.45, 7) is 1.45. The first-order valence-corrected chi connectivity index (χ1v) is 6.33. The van der Waals surface area contributed by atoms with E-state index in [1.54, 1.807) is 0 Å². The molecule has 3 N–H and O–H groups in total. The summed E-state index contributed by atoms with van der Waals surface area (Å²) in [5.41, 5.74) is 6.67. The lowest BCUT2D eigenvalue weighted by atomic mass is 10.1. The average Bonchev–Trinajstić information content (AvgIpc) is 2.36. The molecule has 0 bridgehead atoms. The molecule has 0 aliphatic carbocycles. The van der Waals surface area contributed by atoms with E-state index in [1.165, 1.54) is 5.56 Å². The van der Waals surface area contributed by atoms with Crippen LogP contribution in [-0.2, 0) is 11.2 Å².